The van der Waals surface area contributed by atoms with E-state index in [-0.39, 0.29) is 6.10 Å². The van der Waals surface area contributed by atoms with E-state index >= 15 is 0 Å². The Morgan fingerprint density at radius 2 is 2.14 bits per heavy atom. The van der Waals surface area contributed by atoms with Crippen molar-refractivity contribution in [3.05, 3.63) is 18.3 Å². The molecule has 0 radical (unpaired) electrons. The zero-order chi connectivity index (χ0) is 15.3. The van der Waals surface area contributed by atoms with E-state index in [1.165, 1.54) is 10.5 Å². The van der Waals surface area contributed by atoms with Gasteiger partial charge in [0.1, 0.15) is 5.82 Å². The third-order valence-electron chi connectivity index (χ3n) is 3.66. The van der Waals surface area contributed by atoms with Crippen molar-refractivity contribution in [1.29, 1.82) is 0 Å². The van der Waals surface area contributed by atoms with Gasteiger partial charge in [0.05, 0.1) is 11.0 Å². The lowest BCUT2D eigenvalue weighted by molar-refractivity contribution is 0.0604. The van der Waals surface area contributed by atoms with Gasteiger partial charge in [-0.1, -0.05) is 6.92 Å². The topological polar surface area (TPSA) is 71.5 Å². The predicted molar refractivity (Wildman–Crippen MR) is 81.8 cm³/mol. The average Bonchev–Trinajstić information content (AvgIpc) is 2.53. The van der Waals surface area contributed by atoms with Crippen LogP contribution >= 0.6 is 0 Å². The fourth-order valence-corrected chi connectivity index (χ4v) is 3.86. The van der Waals surface area contributed by atoms with Gasteiger partial charge in [-0.15, -0.1) is 0 Å². The molecule has 1 aliphatic heterocycles. The summed E-state index contributed by atoms with van der Waals surface area (Å²) in [6, 6.07) is 3.16. The molecule has 1 aromatic rings. The summed E-state index contributed by atoms with van der Waals surface area (Å²) in [5.74, 6) is 0.602. The van der Waals surface area contributed by atoms with E-state index in [0.717, 1.165) is 25.8 Å². The van der Waals surface area contributed by atoms with Crippen molar-refractivity contribution in [2.24, 2.45) is 0 Å². The first-order valence-electron chi connectivity index (χ1n) is 7.30. The summed E-state index contributed by atoms with van der Waals surface area (Å²) < 4.78 is 32.1. The Morgan fingerprint density at radius 3 is 2.76 bits per heavy atom. The second-order valence-corrected chi connectivity index (χ2v) is 7.08. The molecule has 0 atom stereocenters. The zero-order valence-corrected chi connectivity index (χ0v) is 13.4. The maximum absolute atomic E-state index is 12.6. The highest BCUT2D eigenvalue weighted by molar-refractivity contribution is 7.89. The molecule has 2 heterocycles. The van der Waals surface area contributed by atoms with Crippen LogP contribution in [-0.2, 0) is 14.8 Å². The number of aromatic nitrogens is 1. The Balaban J connectivity index is 2.12. The van der Waals surface area contributed by atoms with Gasteiger partial charge in [-0.2, -0.15) is 4.31 Å². The largest absolute Gasteiger partial charge is 0.381 e. The minimum atomic E-state index is -3.44. The molecule has 0 spiro atoms. The number of rotatable bonds is 6. The first kappa shape index (κ1) is 16.2. The number of anilines is 1. The second kappa shape index (κ2) is 7.20. The minimum Gasteiger partial charge on any atom is -0.381 e. The molecule has 0 aromatic carbocycles. The molecular formula is C14H23N3O3S. The number of hydrogen-bond acceptors (Lipinski definition) is 5. The van der Waals surface area contributed by atoms with Gasteiger partial charge < -0.3 is 10.1 Å². The van der Waals surface area contributed by atoms with Gasteiger partial charge in [-0.3, -0.25) is 0 Å². The van der Waals surface area contributed by atoms with Crippen molar-refractivity contribution < 1.29 is 13.2 Å². The van der Waals surface area contributed by atoms with E-state index in [4.69, 9.17) is 4.74 Å². The third kappa shape index (κ3) is 3.93. The smallest absolute Gasteiger partial charge is 0.243 e. The zero-order valence-electron chi connectivity index (χ0n) is 12.6. The van der Waals surface area contributed by atoms with Gasteiger partial charge in [-0.25, -0.2) is 13.4 Å². The van der Waals surface area contributed by atoms with Gasteiger partial charge in [0.15, 0.2) is 0 Å². The molecule has 0 aliphatic carbocycles. The SMILES string of the molecule is CCCNc1cc(S(=O)(=O)N2CCC(OC)CC2)ccn1. The van der Waals surface area contributed by atoms with E-state index in [2.05, 4.69) is 10.3 Å². The molecule has 0 saturated carbocycles. The summed E-state index contributed by atoms with van der Waals surface area (Å²) in [6.07, 6.45) is 4.13. The number of pyridine rings is 1. The number of methoxy groups -OCH3 is 1. The van der Waals surface area contributed by atoms with Crippen LogP contribution in [0.1, 0.15) is 26.2 Å². The summed E-state index contributed by atoms with van der Waals surface area (Å²) in [5.41, 5.74) is 0. The van der Waals surface area contributed by atoms with Crippen LogP contribution < -0.4 is 5.32 Å². The fraction of sp³-hybridized carbons (Fsp3) is 0.643. The molecule has 1 saturated heterocycles. The lowest BCUT2D eigenvalue weighted by Gasteiger charge is -2.30. The van der Waals surface area contributed by atoms with Crippen LogP contribution in [0.3, 0.4) is 0 Å². The van der Waals surface area contributed by atoms with Crippen molar-refractivity contribution in [3.63, 3.8) is 0 Å². The molecule has 2 rings (SSSR count). The van der Waals surface area contributed by atoms with Crippen LogP contribution in [0.5, 0.6) is 0 Å². The predicted octanol–water partition coefficient (Wildman–Crippen LogP) is 1.70. The van der Waals surface area contributed by atoms with Gasteiger partial charge in [0, 0.05) is 39.0 Å². The molecule has 21 heavy (non-hydrogen) atoms. The summed E-state index contributed by atoms with van der Waals surface area (Å²) in [5, 5.41) is 3.11. The third-order valence-corrected chi connectivity index (χ3v) is 5.55. The molecule has 7 heteroatoms. The van der Waals surface area contributed by atoms with Gasteiger partial charge in [-0.05, 0) is 25.3 Å². The first-order chi connectivity index (χ1) is 10.1. The Bertz CT molecular complexity index is 554. The molecule has 0 amide bonds. The highest BCUT2D eigenvalue weighted by Gasteiger charge is 2.29. The number of nitrogens with one attached hydrogen (secondary N) is 1. The van der Waals surface area contributed by atoms with Crippen molar-refractivity contribution in [2.45, 2.75) is 37.2 Å². The standard InChI is InChI=1S/C14H23N3O3S/c1-3-7-15-14-11-13(4-8-16-14)21(18,19)17-9-5-12(20-2)6-10-17/h4,8,11-12H,3,5-7,9-10H2,1-2H3,(H,15,16). The quantitative estimate of drug-likeness (QED) is 0.865. The molecule has 1 aromatic heterocycles. The first-order valence-corrected chi connectivity index (χ1v) is 8.74. The van der Waals surface area contributed by atoms with E-state index in [1.807, 2.05) is 6.92 Å². The monoisotopic (exact) mass is 313 g/mol. The van der Waals surface area contributed by atoms with Crippen molar-refractivity contribution in [3.8, 4) is 0 Å². The molecule has 1 N–H and O–H groups in total. The Kier molecular flexibility index (Phi) is 5.55. The van der Waals surface area contributed by atoms with Gasteiger partial charge >= 0.3 is 0 Å². The van der Waals surface area contributed by atoms with E-state index in [0.29, 0.717) is 23.8 Å². The van der Waals surface area contributed by atoms with Crippen LogP contribution in [0.2, 0.25) is 0 Å². The molecular weight excluding hydrogens is 290 g/mol. The normalized spacial score (nSPS) is 17.8. The summed E-state index contributed by atoms with van der Waals surface area (Å²) in [7, 11) is -1.77. The molecule has 0 bridgehead atoms. The highest BCUT2D eigenvalue weighted by Crippen LogP contribution is 2.22. The minimum absolute atomic E-state index is 0.163. The maximum Gasteiger partial charge on any atom is 0.243 e. The summed E-state index contributed by atoms with van der Waals surface area (Å²) in [4.78, 5) is 4.44. The van der Waals surface area contributed by atoms with Crippen molar-refractivity contribution in [2.75, 3.05) is 32.1 Å². The fourth-order valence-electron chi connectivity index (χ4n) is 2.38. The average molecular weight is 313 g/mol. The van der Waals surface area contributed by atoms with Gasteiger partial charge in [0.2, 0.25) is 10.0 Å². The Labute approximate surface area is 126 Å². The van der Waals surface area contributed by atoms with E-state index in [1.54, 1.807) is 19.2 Å². The van der Waals surface area contributed by atoms with Crippen LogP contribution in [-0.4, -0.2) is 50.6 Å². The number of sulfonamides is 1. The number of ether oxygens (including phenoxy) is 1. The van der Waals surface area contributed by atoms with Crippen LogP contribution in [0.15, 0.2) is 23.2 Å². The summed E-state index contributed by atoms with van der Waals surface area (Å²) >= 11 is 0. The highest BCUT2D eigenvalue weighted by atomic mass is 32.2. The molecule has 1 fully saturated rings. The Morgan fingerprint density at radius 1 is 1.43 bits per heavy atom. The van der Waals surface area contributed by atoms with E-state index in [9.17, 15) is 8.42 Å². The molecule has 0 unspecified atom stereocenters. The van der Waals surface area contributed by atoms with Crippen LogP contribution in [0, 0.1) is 0 Å². The van der Waals surface area contributed by atoms with Crippen molar-refractivity contribution >= 4 is 15.8 Å². The molecule has 1 aliphatic rings. The number of nitrogens with zero attached hydrogens (tertiary/aromatic N) is 2. The Hall–Kier alpha value is -1.18. The maximum atomic E-state index is 12.6. The van der Waals surface area contributed by atoms with E-state index < -0.39 is 10.0 Å². The number of hydrogen-bond donors (Lipinski definition) is 1. The lowest BCUT2D eigenvalue weighted by atomic mass is 10.1. The van der Waals surface area contributed by atoms with Crippen LogP contribution in [0.4, 0.5) is 5.82 Å². The molecule has 118 valence electrons. The van der Waals surface area contributed by atoms with Crippen LogP contribution in [0.25, 0.3) is 0 Å². The molecule has 6 nitrogen and oxygen atoms in total. The summed E-state index contributed by atoms with van der Waals surface area (Å²) in [6.45, 7) is 3.82. The van der Waals surface area contributed by atoms with Crippen molar-refractivity contribution in [1.82, 2.24) is 9.29 Å². The lowest BCUT2D eigenvalue weighted by Crippen LogP contribution is -2.40. The van der Waals surface area contributed by atoms with Gasteiger partial charge in [0.25, 0.3) is 0 Å². The number of piperidine rings is 1. The second-order valence-electron chi connectivity index (χ2n) is 5.14.